The van der Waals surface area contributed by atoms with Crippen LogP contribution in [0, 0.1) is 0 Å². The summed E-state index contributed by atoms with van der Waals surface area (Å²) in [6, 6.07) is 80.2. The Bertz CT molecular complexity index is 3980. The number of rotatable bonds is 4. The van der Waals surface area contributed by atoms with Gasteiger partial charge in [0.1, 0.15) is 22.3 Å². The second-order valence-electron chi connectivity index (χ2n) is 17.1. The molecule has 0 aliphatic heterocycles. The van der Waals surface area contributed by atoms with E-state index in [9.17, 15) is 0 Å². The lowest BCUT2D eigenvalue weighted by molar-refractivity contribution is 0.672. The predicted molar refractivity (Wildman–Crippen MR) is 262 cm³/mol. The first-order chi connectivity index (χ1) is 31.2. The van der Waals surface area contributed by atoms with Crippen molar-refractivity contribution < 1.29 is 8.83 Å². The van der Waals surface area contributed by atoms with E-state index in [1.165, 1.54) is 66.1 Å². The van der Waals surface area contributed by atoms with E-state index in [-0.39, 0.29) is 0 Å². The van der Waals surface area contributed by atoms with E-state index in [1.807, 2.05) is 0 Å². The van der Waals surface area contributed by atoms with Crippen molar-refractivity contribution in [1.29, 1.82) is 0 Å². The van der Waals surface area contributed by atoms with Gasteiger partial charge in [-0.1, -0.05) is 170 Å². The molecule has 11 aromatic carbocycles. The first-order valence-corrected chi connectivity index (χ1v) is 21.7. The molecule has 2 heteroatoms. The molecule has 0 fully saturated rings. The van der Waals surface area contributed by atoms with Gasteiger partial charge in [0.2, 0.25) is 0 Å². The van der Waals surface area contributed by atoms with Crippen LogP contribution in [0.2, 0.25) is 0 Å². The van der Waals surface area contributed by atoms with E-state index in [4.69, 9.17) is 8.83 Å². The summed E-state index contributed by atoms with van der Waals surface area (Å²) in [6.07, 6.45) is 0. The van der Waals surface area contributed by atoms with Crippen molar-refractivity contribution in [2.24, 2.45) is 0 Å². The molecule has 2 heterocycles. The molecule has 0 saturated carbocycles. The van der Waals surface area contributed by atoms with E-state index in [0.717, 1.165) is 65.8 Å². The van der Waals surface area contributed by atoms with E-state index in [2.05, 4.69) is 218 Å². The maximum atomic E-state index is 6.55. The van der Waals surface area contributed by atoms with Crippen molar-refractivity contribution >= 4 is 76.2 Å². The molecule has 1 aliphatic rings. The maximum absolute atomic E-state index is 6.55. The molecule has 292 valence electrons. The van der Waals surface area contributed by atoms with Crippen molar-refractivity contribution in [2.45, 2.75) is 5.41 Å². The highest BCUT2D eigenvalue weighted by molar-refractivity contribution is 6.17. The van der Waals surface area contributed by atoms with Gasteiger partial charge < -0.3 is 8.83 Å². The molecule has 0 unspecified atom stereocenters. The average molecular weight is 801 g/mol. The normalized spacial score (nSPS) is 13.2. The van der Waals surface area contributed by atoms with Gasteiger partial charge in [0.05, 0.1) is 5.41 Å². The fourth-order valence-electron chi connectivity index (χ4n) is 11.0. The molecule has 0 radical (unpaired) electrons. The van der Waals surface area contributed by atoms with Crippen LogP contribution in [0.5, 0.6) is 0 Å². The minimum absolute atomic E-state index is 0.599. The van der Waals surface area contributed by atoms with Crippen molar-refractivity contribution in [2.75, 3.05) is 0 Å². The Morgan fingerprint density at radius 1 is 0.286 bits per heavy atom. The number of furan rings is 2. The molecule has 13 aromatic rings. The van der Waals surface area contributed by atoms with E-state index >= 15 is 0 Å². The smallest absolute Gasteiger partial charge is 0.143 e. The van der Waals surface area contributed by atoms with Gasteiger partial charge in [-0.15, -0.1) is 0 Å². The lowest BCUT2D eigenvalue weighted by atomic mass is 9.66. The van der Waals surface area contributed by atoms with Crippen LogP contribution >= 0.6 is 0 Å². The van der Waals surface area contributed by atoms with Crippen LogP contribution in [0.25, 0.3) is 110 Å². The molecular formula is C61H36O2. The van der Waals surface area contributed by atoms with Crippen LogP contribution in [0.4, 0.5) is 0 Å². The van der Waals surface area contributed by atoms with Crippen LogP contribution in [-0.2, 0) is 5.41 Å². The van der Waals surface area contributed by atoms with Crippen LogP contribution in [0.15, 0.2) is 227 Å². The third-order valence-corrected chi connectivity index (χ3v) is 13.9. The zero-order chi connectivity index (χ0) is 41.2. The zero-order valence-electron chi connectivity index (χ0n) is 34.1. The SMILES string of the molecule is c1ccc(C2(c3ccccc3)c3cc(-c4ccc5oc6c7ccccc7ccc6c5c4)ccc3-c3ccc4ccc(-c5ccc6oc7c8ccccc8ccc7c6c5)cc4c32)cc1. The number of hydrogen-bond acceptors (Lipinski definition) is 2. The summed E-state index contributed by atoms with van der Waals surface area (Å²) in [5, 5.41) is 11.6. The summed E-state index contributed by atoms with van der Waals surface area (Å²) in [5.41, 5.74) is 15.4. The minimum Gasteiger partial charge on any atom is -0.455 e. The van der Waals surface area contributed by atoms with Crippen LogP contribution in [0.3, 0.4) is 0 Å². The molecule has 2 nitrogen and oxygen atoms in total. The van der Waals surface area contributed by atoms with Crippen LogP contribution in [-0.4, -0.2) is 0 Å². The molecule has 0 saturated heterocycles. The second-order valence-corrected chi connectivity index (χ2v) is 17.1. The Morgan fingerprint density at radius 2 is 0.714 bits per heavy atom. The Labute approximate surface area is 362 Å². The first-order valence-electron chi connectivity index (χ1n) is 21.7. The van der Waals surface area contributed by atoms with Crippen molar-refractivity contribution in [3.05, 3.63) is 241 Å². The first kappa shape index (κ1) is 34.5. The highest BCUT2D eigenvalue weighted by Crippen LogP contribution is 2.59. The van der Waals surface area contributed by atoms with Gasteiger partial charge in [-0.05, 0) is 126 Å². The van der Waals surface area contributed by atoms with Crippen LogP contribution in [0.1, 0.15) is 22.3 Å². The fourth-order valence-corrected chi connectivity index (χ4v) is 11.0. The van der Waals surface area contributed by atoms with Gasteiger partial charge in [0.25, 0.3) is 0 Å². The summed E-state index contributed by atoms with van der Waals surface area (Å²) < 4.78 is 13.1. The molecule has 0 N–H and O–H groups in total. The molecule has 2 aromatic heterocycles. The summed E-state index contributed by atoms with van der Waals surface area (Å²) in [4.78, 5) is 0. The summed E-state index contributed by atoms with van der Waals surface area (Å²) in [6.45, 7) is 0. The average Bonchev–Trinajstić information content (AvgIpc) is 4.02. The quantitative estimate of drug-likeness (QED) is 0.177. The molecular weight excluding hydrogens is 765 g/mol. The largest absolute Gasteiger partial charge is 0.455 e. The highest BCUT2D eigenvalue weighted by atomic mass is 16.3. The molecule has 0 amide bonds. The Hall–Kier alpha value is -8.20. The highest BCUT2D eigenvalue weighted by Gasteiger charge is 2.47. The van der Waals surface area contributed by atoms with Crippen molar-refractivity contribution in [3.63, 3.8) is 0 Å². The Balaban J connectivity index is 0.999. The monoisotopic (exact) mass is 800 g/mol. The van der Waals surface area contributed by atoms with Gasteiger partial charge in [-0.25, -0.2) is 0 Å². The molecule has 0 bridgehead atoms. The fraction of sp³-hybridized carbons (Fsp3) is 0.0164. The maximum Gasteiger partial charge on any atom is 0.143 e. The number of hydrogen-bond donors (Lipinski definition) is 0. The Morgan fingerprint density at radius 3 is 1.30 bits per heavy atom. The standard InChI is InChI=1S/C61H36O2/c1-3-13-44(14-4-1)61(45-15-5-2-6-16-45)55-36-43(42-26-32-57-54(35-42)51-30-23-38-12-8-10-18-47(38)60(51)63-57)24-27-48(55)49-28-21-39-19-20-40(33-52(39)58(49)61)41-25-31-56-53(34-41)50-29-22-37-11-7-9-17-46(37)59(50)62-56/h1-36H. The lowest BCUT2D eigenvalue weighted by Crippen LogP contribution is -2.28. The van der Waals surface area contributed by atoms with Gasteiger partial charge in [0.15, 0.2) is 0 Å². The number of fused-ring (bicyclic) bond motifs is 15. The molecule has 0 spiro atoms. The van der Waals surface area contributed by atoms with Crippen molar-refractivity contribution in [3.8, 4) is 33.4 Å². The zero-order valence-corrected chi connectivity index (χ0v) is 34.1. The Kier molecular flexibility index (Phi) is 7.07. The summed E-state index contributed by atoms with van der Waals surface area (Å²) in [7, 11) is 0. The minimum atomic E-state index is -0.599. The van der Waals surface area contributed by atoms with Gasteiger partial charge in [-0.3, -0.25) is 0 Å². The molecule has 0 atom stereocenters. The summed E-state index contributed by atoms with van der Waals surface area (Å²) >= 11 is 0. The molecule has 1 aliphatic carbocycles. The van der Waals surface area contributed by atoms with Crippen LogP contribution < -0.4 is 0 Å². The third-order valence-electron chi connectivity index (χ3n) is 13.9. The van der Waals surface area contributed by atoms with E-state index < -0.39 is 5.41 Å². The third kappa shape index (κ3) is 4.83. The lowest BCUT2D eigenvalue weighted by Gasteiger charge is -2.35. The summed E-state index contributed by atoms with van der Waals surface area (Å²) in [5.74, 6) is 0. The van der Waals surface area contributed by atoms with Gasteiger partial charge in [0, 0.05) is 32.3 Å². The van der Waals surface area contributed by atoms with Gasteiger partial charge >= 0.3 is 0 Å². The van der Waals surface area contributed by atoms with E-state index in [0.29, 0.717) is 0 Å². The van der Waals surface area contributed by atoms with E-state index in [1.54, 1.807) is 0 Å². The molecule has 63 heavy (non-hydrogen) atoms. The topological polar surface area (TPSA) is 26.3 Å². The van der Waals surface area contributed by atoms with Crippen molar-refractivity contribution in [1.82, 2.24) is 0 Å². The predicted octanol–water partition coefficient (Wildman–Crippen LogP) is 16.6. The van der Waals surface area contributed by atoms with Gasteiger partial charge in [-0.2, -0.15) is 0 Å². The number of benzene rings is 11. The second kappa shape index (κ2) is 12.9. The molecule has 14 rings (SSSR count).